The third kappa shape index (κ3) is 1.14. The molecule has 9 atom stereocenters. The van der Waals surface area contributed by atoms with E-state index in [1.807, 2.05) is 13.8 Å². The van der Waals surface area contributed by atoms with Crippen molar-refractivity contribution in [1.29, 1.82) is 0 Å². The van der Waals surface area contributed by atoms with Crippen molar-refractivity contribution in [3.05, 3.63) is 11.1 Å². The Labute approximate surface area is 151 Å². The zero-order valence-corrected chi connectivity index (χ0v) is 15.2. The molecule has 3 saturated heterocycles. The van der Waals surface area contributed by atoms with Gasteiger partial charge in [-0.15, -0.1) is 0 Å². The van der Waals surface area contributed by atoms with Crippen LogP contribution in [0.5, 0.6) is 0 Å². The number of carbonyl (C=O) groups is 1. The second-order valence-corrected chi connectivity index (χ2v) is 9.87. The summed E-state index contributed by atoms with van der Waals surface area (Å²) < 4.78 is 40.0. The molecule has 5 fully saturated rings. The topological polar surface area (TPSA) is 63.9 Å². The molecule has 6 heteroatoms. The first-order valence-corrected chi connectivity index (χ1v) is 9.91. The molecule has 0 aromatic heterocycles. The number of halogens is 1. The molecule has 4 aliphatic heterocycles. The predicted molar refractivity (Wildman–Crippen MR) is 86.0 cm³/mol. The van der Waals surface area contributed by atoms with Crippen LogP contribution in [-0.2, 0) is 23.7 Å². The second-order valence-electron chi connectivity index (χ2n) is 9.87. The van der Waals surface area contributed by atoms with Crippen molar-refractivity contribution in [1.82, 2.24) is 0 Å². The number of rotatable bonds is 1. The van der Waals surface area contributed by atoms with E-state index in [0.717, 1.165) is 24.0 Å². The van der Waals surface area contributed by atoms with Crippen molar-refractivity contribution in [2.45, 2.75) is 81.3 Å². The Bertz CT molecular complexity index is 823. The minimum Gasteiger partial charge on any atom is -0.458 e. The summed E-state index contributed by atoms with van der Waals surface area (Å²) in [5.41, 5.74) is -0.492. The van der Waals surface area contributed by atoms with Crippen LogP contribution < -0.4 is 0 Å². The summed E-state index contributed by atoms with van der Waals surface area (Å²) in [6, 6.07) is 0. The van der Waals surface area contributed by atoms with Gasteiger partial charge in [-0.3, -0.25) is 0 Å². The SMILES string of the molecule is CC(C)[C@]12O[C@@H]1[C@@H]1O[C@]13[C@]1(O[C@H]1C[C@H]1C4=C(CC[C@@]13C)C(=O)OC4)[C@H]2F. The summed E-state index contributed by atoms with van der Waals surface area (Å²) in [6.07, 6.45) is 0.701. The molecule has 0 unspecified atom stereocenters. The van der Waals surface area contributed by atoms with Gasteiger partial charge in [0.25, 0.3) is 0 Å². The van der Waals surface area contributed by atoms with Gasteiger partial charge >= 0.3 is 5.97 Å². The maximum absolute atomic E-state index is 16.0. The van der Waals surface area contributed by atoms with E-state index < -0.39 is 23.0 Å². The quantitative estimate of drug-likeness (QED) is 0.528. The fourth-order valence-corrected chi connectivity index (χ4v) is 7.63. The van der Waals surface area contributed by atoms with Gasteiger partial charge in [0.15, 0.2) is 11.8 Å². The molecule has 140 valence electrons. The molecule has 0 radical (unpaired) electrons. The van der Waals surface area contributed by atoms with Gasteiger partial charge in [0.2, 0.25) is 0 Å². The van der Waals surface area contributed by atoms with Crippen molar-refractivity contribution in [2.75, 3.05) is 6.61 Å². The molecule has 0 bridgehead atoms. The molecule has 26 heavy (non-hydrogen) atoms. The summed E-state index contributed by atoms with van der Waals surface area (Å²) in [6.45, 7) is 6.66. The van der Waals surface area contributed by atoms with Gasteiger partial charge in [0.05, 0.1) is 6.10 Å². The summed E-state index contributed by atoms with van der Waals surface area (Å²) in [5, 5.41) is 0. The van der Waals surface area contributed by atoms with E-state index in [0.29, 0.717) is 13.0 Å². The van der Waals surface area contributed by atoms with Crippen LogP contribution in [0, 0.1) is 17.3 Å². The van der Waals surface area contributed by atoms with E-state index in [2.05, 4.69) is 6.92 Å². The van der Waals surface area contributed by atoms with Gasteiger partial charge in [-0.05, 0) is 36.7 Å². The lowest BCUT2D eigenvalue weighted by atomic mass is 9.47. The molecule has 4 heterocycles. The molecular weight excluding hydrogens is 339 g/mol. The lowest BCUT2D eigenvalue weighted by Crippen LogP contribution is -2.68. The van der Waals surface area contributed by atoms with Crippen LogP contribution in [0.4, 0.5) is 4.39 Å². The number of epoxide rings is 3. The Morgan fingerprint density at radius 3 is 2.77 bits per heavy atom. The number of esters is 1. The standard InChI is InChI=1S/C20H23FO5/c1-8(2)18-13(25-18)14-20(26-14)17(3)5-4-9-10(7-23-15(9)22)11(17)6-12-19(20,24-12)16(18)21/h8,11-14,16H,4-7H2,1-3H3/t11-,12-,13+,14-,16-,17-,18-,19+,20+/m0/s1. The van der Waals surface area contributed by atoms with Crippen LogP contribution in [0.3, 0.4) is 0 Å². The van der Waals surface area contributed by atoms with Gasteiger partial charge in [-0.1, -0.05) is 20.8 Å². The van der Waals surface area contributed by atoms with E-state index in [4.69, 9.17) is 18.9 Å². The highest BCUT2D eigenvalue weighted by atomic mass is 19.1. The van der Waals surface area contributed by atoms with Gasteiger partial charge < -0.3 is 18.9 Å². The van der Waals surface area contributed by atoms with Crippen molar-refractivity contribution in [3.8, 4) is 0 Å². The van der Waals surface area contributed by atoms with E-state index in [-0.39, 0.29) is 41.5 Å². The molecule has 2 saturated carbocycles. The fraction of sp³-hybridized carbons (Fsp3) is 0.850. The molecule has 5 nitrogen and oxygen atoms in total. The Balaban J connectivity index is 1.39. The zero-order valence-electron chi connectivity index (χ0n) is 15.2. The average molecular weight is 362 g/mol. The first-order valence-electron chi connectivity index (χ1n) is 9.91. The summed E-state index contributed by atoms with van der Waals surface area (Å²) >= 11 is 0. The van der Waals surface area contributed by atoms with Gasteiger partial charge in [-0.25, -0.2) is 9.18 Å². The van der Waals surface area contributed by atoms with E-state index in [1.165, 1.54) is 0 Å². The van der Waals surface area contributed by atoms with Crippen LogP contribution >= 0.6 is 0 Å². The summed E-state index contributed by atoms with van der Waals surface area (Å²) in [7, 11) is 0. The number of fused-ring (bicyclic) bond motifs is 4. The monoisotopic (exact) mass is 362 g/mol. The largest absolute Gasteiger partial charge is 0.458 e. The zero-order chi connectivity index (χ0) is 17.9. The number of carbonyl (C=O) groups excluding carboxylic acids is 1. The van der Waals surface area contributed by atoms with Crippen LogP contribution in [0.15, 0.2) is 11.1 Å². The number of alkyl halides is 1. The molecule has 0 amide bonds. The van der Waals surface area contributed by atoms with Crippen molar-refractivity contribution in [3.63, 3.8) is 0 Å². The van der Waals surface area contributed by atoms with Crippen LogP contribution in [-0.4, -0.2) is 53.9 Å². The normalized spacial score (nSPS) is 63.1. The third-order valence-corrected chi connectivity index (χ3v) is 9.04. The minimum absolute atomic E-state index is 0.0881. The number of ether oxygens (including phenoxy) is 4. The van der Waals surface area contributed by atoms with E-state index in [1.54, 1.807) is 0 Å². The molecule has 3 aliphatic carbocycles. The highest BCUT2D eigenvalue weighted by Gasteiger charge is 3.00. The highest BCUT2D eigenvalue weighted by molar-refractivity contribution is 5.92. The predicted octanol–water partition coefficient (Wildman–Crippen LogP) is 2.08. The second kappa shape index (κ2) is 3.78. The van der Waals surface area contributed by atoms with Crippen molar-refractivity contribution in [2.24, 2.45) is 17.3 Å². The van der Waals surface area contributed by atoms with Crippen molar-refractivity contribution < 1.29 is 28.1 Å². The number of cyclic esters (lactones) is 1. The third-order valence-electron chi connectivity index (χ3n) is 9.04. The lowest BCUT2D eigenvalue weighted by molar-refractivity contribution is -0.136. The molecule has 7 aliphatic rings. The van der Waals surface area contributed by atoms with Gasteiger partial charge in [0.1, 0.15) is 30.0 Å². The average Bonchev–Trinajstić information content (AvgIpc) is 3.47. The Morgan fingerprint density at radius 1 is 1.19 bits per heavy atom. The molecule has 0 N–H and O–H groups in total. The Hall–Kier alpha value is -0.980. The Morgan fingerprint density at radius 2 is 2.00 bits per heavy atom. The van der Waals surface area contributed by atoms with E-state index in [9.17, 15) is 4.79 Å². The number of hydrogen-bond acceptors (Lipinski definition) is 5. The maximum atomic E-state index is 16.0. The summed E-state index contributed by atoms with van der Waals surface area (Å²) in [5.74, 6) is 0.0922. The van der Waals surface area contributed by atoms with Gasteiger partial charge in [-0.2, -0.15) is 0 Å². The van der Waals surface area contributed by atoms with E-state index >= 15 is 4.39 Å². The first-order chi connectivity index (χ1) is 12.3. The fourth-order valence-electron chi connectivity index (χ4n) is 7.63. The van der Waals surface area contributed by atoms with Crippen LogP contribution in [0.25, 0.3) is 0 Å². The first kappa shape index (κ1) is 15.0. The van der Waals surface area contributed by atoms with Crippen molar-refractivity contribution >= 4 is 5.97 Å². The van der Waals surface area contributed by atoms with Crippen LogP contribution in [0.2, 0.25) is 0 Å². The molecule has 2 spiro atoms. The molecule has 0 aromatic carbocycles. The number of hydrogen-bond donors (Lipinski definition) is 0. The minimum atomic E-state index is -1.15. The van der Waals surface area contributed by atoms with Gasteiger partial charge in [0, 0.05) is 11.0 Å². The highest BCUT2D eigenvalue weighted by Crippen LogP contribution is 2.83. The molecule has 7 rings (SSSR count). The smallest absolute Gasteiger partial charge is 0.334 e. The van der Waals surface area contributed by atoms with Crippen LogP contribution in [0.1, 0.15) is 40.0 Å². The molecule has 0 aromatic rings. The Kier molecular flexibility index (Phi) is 2.18. The molecular formula is C20H23FO5. The maximum Gasteiger partial charge on any atom is 0.334 e. The summed E-state index contributed by atoms with van der Waals surface area (Å²) in [4.78, 5) is 12.1. The lowest BCUT2D eigenvalue weighted by Gasteiger charge is -2.52.